The molecule has 0 heterocycles. The van der Waals surface area contributed by atoms with Crippen molar-refractivity contribution in [1.29, 1.82) is 0 Å². The van der Waals surface area contributed by atoms with Crippen LogP contribution in [0.2, 0.25) is 0 Å². The number of hydrazine groups is 1. The fourth-order valence-electron chi connectivity index (χ4n) is 3.62. The third-order valence-electron chi connectivity index (χ3n) is 4.66. The van der Waals surface area contributed by atoms with Gasteiger partial charge in [-0.15, -0.1) is 6.58 Å². The average molecular weight is 300 g/mol. The normalized spacial score (nSPS) is 17.0. The molecular weight excluding hydrogens is 272 g/mol. The minimum atomic E-state index is -0.0794. The molecule has 0 saturated heterocycles. The molecular formula is C19H28N2O. The maximum absolute atomic E-state index is 12.8. The summed E-state index contributed by atoms with van der Waals surface area (Å²) >= 11 is 0. The number of hydrogen-bond acceptors (Lipinski definition) is 2. The molecule has 3 heteroatoms. The van der Waals surface area contributed by atoms with Crippen LogP contribution in [0, 0.1) is 19.8 Å². The van der Waals surface area contributed by atoms with Crippen LogP contribution in [0.15, 0.2) is 30.9 Å². The molecule has 0 aromatic heterocycles. The Morgan fingerprint density at radius 1 is 1.27 bits per heavy atom. The van der Waals surface area contributed by atoms with Crippen LogP contribution in [0.1, 0.15) is 60.0 Å². The molecule has 1 amide bonds. The Kier molecular flexibility index (Phi) is 5.78. The summed E-state index contributed by atoms with van der Waals surface area (Å²) in [5.74, 6) is 6.66. The summed E-state index contributed by atoms with van der Waals surface area (Å²) in [6, 6.07) is 5.97. The Balaban J connectivity index is 2.19. The van der Waals surface area contributed by atoms with Crippen LogP contribution < -0.4 is 5.84 Å². The third kappa shape index (κ3) is 3.98. The molecule has 120 valence electrons. The second kappa shape index (κ2) is 7.59. The fraction of sp³-hybridized carbons (Fsp3) is 0.526. The van der Waals surface area contributed by atoms with Crippen molar-refractivity contribution in [3.8, 4) is 0 Å². The molecule has 0 radical (unpaired) electrons. The molecule has 3 nitrogen and oxygen atoms in total. The average Bonchev–Trinajstić information content (AvgIpc) is 2.51. The first-order chi connectivity index (χ1) is 10.5. The van der Waals surface area contributed by atoms with Gasteiger partial charge in [0, 0.05) is 5.56 Å². The lowest BCUT2D eigenvalue weighted by Crippen LogP contribution is -2.49. The van der Waals surface area contributed by atoms with E-state index in [1.807, 2.05) is 32.1 Å². The number of amides is 1. The minimum absolute atomic E-state index is 0.0612. The van der Waals surface area contributed by atoms with Crippen LogP contribution in [0.25, 0.3) is 0 Å². The van der Waals surface area contributed by atoms with Gasteiger partial charge in [0.2, 0.25) is 0 Å². The molecule has 0 unspecified atom stereocenters. The van der Waals surface area contributed by atoms with E-state index < -0.39 is 0 Å². The third-order valence-corrected chi connectivity index (χ3v) is 4.66. The van der Waals surface area contributed by atoms with E-state index in [2.05, 4.69) is 12.6 Å². The topological polar surface area (TPSA) is 46.3 Å². The van der Waals surface area contributed by atoms with Crippen molar-refractivity contribution >= 4 is 5.91 Å². The standard InChI is InChI=1S/C19H28N2O/c1-4-8-18(16-9-6-5-7-10-16)21(20)19(22)17-12-14(2)11-15(3)13-17/h4,11-13,16,18H,1,5-10,20H2,2-3H3/t18-/m1/s1. The predicted octanol–water partition coefficient (Wildman–Crippen LogP) is 4.14. The van der Waals surface area contributed by atoms with Crippen molar-refractivity contribution in [3.63, 3.8) is 0 Å². The van der Waals surface area contributed by atoms with E-state index in [9.17, 15) is 4.79 Å². The Morgan fingerprint density at radius 3 is 2.41 bits per heavy atom. The highest BCUT2D eigenvalue weighted by atomic mass is 16.2. The molecule has 1 fully saturated rings. The van der Waals surface area contributed by atoms with Gasteiger partial charge in [0.05, 0.1) is 6.04 Å². The molecule has 1 saturated carbocycles. The van der Waals surface area contributed by atoms with E-state index in [1.165, 1.54) is 24.3 Å². The van der Waals surface area contributed by atoms with Crippen molar-refractivity contribution in [2.45, 2.75) is 58.4 Å². The number of carbonyl (C=O) groups is 1. The summed E-state index contributed by atoms with van der Waals surface area (Å²) in [4.78, 5) is 12.8. The second-order valence-electron chi connectivity index (χ2n) is 6.58. The zero-order valence-electron chi connectivity index (χ0n) is 13.8. The minimum Gasteiger partial charge on any atom is -0.273 e. The lowest BCUT2D eigenvalue weighted by atomic mass is 9.82. The van der Waals surface area contributed by atoms with E-state index in [-0.39, 0.29) is 11.9 Å². The lowest BCUT2D eigenvalue weighted by molar-refractivity contribution is 0.0571. The van der Waals surface area contributed by atoms with Gasteiger partial charge in [-0.3, -0.25) is 9.80 Å². The summed E-state index contributed by atoms with van der Waals surface area (Å²) in [5, 5.41) is 1.46. The Hall–Kier alpha value is -1.61. The quantitative estimate of drug-likeness (QED) is 0.384. The van der Waals surface area contributed by atoms with E-state index in [4.69, 9.17) is 5.84 Å². The van der Waals surface area contributed by atoms with Crippen LogP contribution in [-0.2, 0) is 0 Å². The first kappa shape index (κ1) is 16.8. The van der Waals surface area contributed by atoms with Gasteiger partial charge in [0.15, 0.2) is 0 Å². The number of nitrogens with zero attached hydrogens (tertiary/aromatic N) is 1. The van der Waals surface area contributed by atoms with Crippen LogP contribution in [0.4, 0.5) is 0 Å². The van der Waals surface area contributed by atoms with Crippen molar-refractivity contribution in [3.05, 3.63) is 47.5 Å². The summed E-state index contributed by atoms with van der Waals surface area (Å²) in [6.07, 6.45) is 8.74. The van der Waals surface area contributed by atoms with Crippen molar-refractivity contribution < 1.29 is 4.79 Å². The Bertz CT molecular complexity index is 512. The van der Waals surface area contributed by atoms with Crippen molar-refractivity contribution in [2.24, 2.45) is 11.8 Å². The van der Waals surface area contributed by atoms with Gasteiger partial charge in [-0.25, -0.2) is 5.84 Å². The number of carbonyl (C=O) groups excluding carboxylic acids is 1. The van der Waals surface area contributed by atoms with Crippen LogP contribution >= 0.6 is 0 Å². The van der Waals surface area contributed by atoms with Gasteiger partial charge in [-0.1, -0.05) is 42.5 Å². The molecule has 1 atom stereocenters. The molecule has 1 aliphatic rings. The van der Waals surface area contributed by atoms with Crippen LogP contribution in [0.3, 0.4) is 0 Å². The maximum Gasteiger partial charge on any atom is 0.268 e. The van der Waals surface area contributed by atoms with Gasteiger partial charge in [0.25, 0.3) is 5.91 Å². The summed E-state index contributed by atoms with van der Waals surface area (Å²) < 4.78 is 0. The monoisotopic (exact) mass is 300 g/mol. The van der Waals surface area contributed by atoms with Crippen molar-refractivity contribution in [2.75, 3.05) is 0 Å². The Labute approximate surface area is 134 Å². The van der Waals surface area contributed by atoms with Gasteiger partial charge in [-0.2, -0.15) is 0 Å². The summed E-state index contributed by atoms with van der Waals surface area (Å²) in [5.41, 5.74) is 2.87. The van der Waals surface area contributed by atoms with E-state index in [0.29, 0.717) is 11.5 Å². The van der Waals surface area contributed by atoms with Gasteiger partial charge in [0.1, 0.15) is 0 Å². The summed E-state index contributed by atoms with van der Waals surface area (Å²) in [7, 11) is 0. The molecule has 2 rings (SSSR count). The largest absolute Gasteiger partial charge is 0.273 e. The fourth-order valence-corrected chi connectivity index (χ4v) is 3.62. The highest BCUT2D eigenvalue weighted by molar-refractivity contribution is 5.94. The highest BCUT2D eigenvalue weighted by Crippen LogP contribution is 2.30. The van der Waals surface area contributed by atoms with Crippen LogP contribution in [0.5, 0.6) is 0 Å². The van der Waals surface area contributed by atoms with Crippen molar-refractivity contribution in [1.82, 2.24) is 5.01 Å². The summed E-state index contributed by atoms with van der Waals surface area (Å²) in [6.45, 7) is 7.86. The second-order valence-corrected chi connectivity index (χ2v) is 6.58. The first-order valence-corrected chi connectivity index (χ1v) is 8.30. The number of nitrogens with two attached hydrogens (primary N) is 1. The maximum atomic E-state index is 12.8. The number of aryl methyl sites for hydroxylation is 2. The number of rotatable bonds is 5. The zero-order chi connectivity index (χ0) is 16.1. The Morgan fingerprint density at radius 2 is 1.86 bits per heavy atom. The molecule has 1 aromatic carbocycles. The molecule has 0 bridgehead atoms. The van der Waals surface area contributed by atoms with Gasteiger partial charge < -0.3 is 0 Å². The number of benzene rings is 1. The molecule has 2 N–H and O–H groups in total. The zero-order valence-corrected chi connectivity index (χ0v) is 13.8. The SMILES string of the molecule is C=CC[C@H](C1CCCCC1)N(N)C(=O)c1cc(C)cc(C)c1. The first-order valence-electron chi connectivity index (χ1n) is 8.30. The smallest absolute Gasteiger partial charge is 0.268 e. The van der Waals surface area contributed by atoms with E-state index in [1.54, 1.807) is 0 Å². The molecule has 1 aliphatic carbocycles. The lowest BCUT2D eigenvalue weighted by Gasteiger charge is -2.35. The van der Waals surface area contributed by atoms with Crippen LogP contribution in [-0.4, -0.2) is 17.0 Å². The van der Waals surface area contributed by atoms with Gasteiger partial charge >= 0.3 is 0 Å². The molecule has 0 spiro atoms. The van der Waals surface area contributed by atoms with Gasteiger partial charge in [-0.05, 0) is 51.2 Å². The van der Waals surface area contributed by atoms with E-state index >= 15 is 0 Å². The molecule has 22 heavy (non-hydrogen) atoms. The highest BCUT2D eigenvalue weighted by Gasteiger charge is 2.29. The molecule has 0 aliphatic heterocycles. The number of hydrogen-bond donors (Lipinski definition) is 1. The van der Waals surface area contributed by atoms with E-state index in [0.717, 1.165) is 30.4 Å². The molecule has 1 aromatic rings. The predicted molar refractivity (Wildman–Crippen MR) is 91.4 cm³/mol.